The van der Waals surface area contributed by atoms with Gasteiger partial charge in [-0.15, -0.1) is 11.3 Å². The van der Waals surface area contributed by atoms with Crippen LogP contribution in [0, 0.1) is 0 Å². The molecule has 2 rings (SSSR count). The number of hydrogen-bond acceptors (Lipinski definition) is 2. The summed E-state index contributed by atoms with van der Waals surface area (Å²) in [7, 11) is 0. The van der Waals surface area contributed by atoms with Gasteiger partial charge in [-0.1, -0.05) is 6.07 Å². The molecule has 5 heteroatoms. The number of benzene rings is 1. The Labute approximate surface area is 86.8 Å². The molecule has 1 aromatic heterocycles. The molecule has 0 atom stereocenters. The van der Waals surface area contributed by atoms with Crippen molar-refractivity contribution in [3.8, 4) is 0 Å². The third kappa shape index (κ3) is 1.74. The maximum atomic E-state index is 12.6. The SMILES string of the molecule is O=c1ccsc2c(C(F)(F)F)cccc12. The lowest BCUT2D eigenvalue weighted by Gasteiger charge is -2.08. The lowest BCUT2D eigenvalue weighted by molar-refractivity contribution is -0.136. The fraction of sp³-hybridized carbons (Fsp3) is 0.100. The molecule has 0 saturated heterocycles. The van der Waals surface area contributed by atoms with Crippen molar-refractivity contribution in [1.29, 1.82) is 0 Å². The summed E-state index contributed by atoms with van der Waals surface area (Å²) >= 11 is 0.925. The van der Waals surface area contributed by atoms with Crippen molar-refractivity contribution in [3.05, 3.63) is 45.4 Å². The quantitative estimate of drug-likeness (QED) is 0.678. The van der Waals surface area contributed by atoms with E-state index in [1.807, 2.05) is 0 Å². The minimum atomic E-state index is -4.41. The van der Waals surface area contributed by atoms with E-state index < -0.39 is 11.7 Å². The lowest BCUT2D eigenvalue weighted by atomic mass is 10.1. The van der Waals surface area contributed by atoms with Gasteiger partial charge in [-0.2, -0.15) is 13.2 Å². The van der Waals surface area contributed by atoms with Gasteiger partial charge in [-0.3, -0.25) is 4.79 Å². The number of fused-ring (bicyclic) bond motifs is 1. The average molecular weight is 230 g/mol. The molecule has 1 aromatic carbocycles. The molecule has 2 aromatic rings. The normalized spacial score (nSPS) is 11.9. The van der Waals surface area contributed by atoms with Gasteiger partial charge in [0, 0.05) is 5.39 Å². The van der Waals surface area contributed by atoms with Crippen LogP contribution in [0.2, 0.25) is 0 Å². The van der Waals surface area contributed by atoms with Crippen molar-refractivity contribution < 1.29 is 13.2 Å². The maximum Gasteiger partial charge on any atom is 0.417 e. The van der Waals surface area contributed by atoms with E-state index in [2.05, 4.69) is 0 Å². The van der Waals surface area contributed by atoms with Crippen LogP contribution in [0.1, 0.15) is 5.56 Å². The van der Waals surface area contributed by atoms with Gasteiger partial charge in [0.2, 0.25) is 0 Å². The van der Waals surface area contributed by atoms with Crippen LogP contribution in [0.3, 0.4) is 0 Å². The van der Waals surface area contributed by atoms with Crippen molar-refractivity contribution >= 4 is 21.4 Å². The van der Waals surface area contributed by atoms with E-state index in [4.69, 9.17) is 0 Å². The molecule has 78 valence electrons. The highest BCUT2D eigenvalue weighted by atomic mass is 32.1. The van der Waals surface area contributed by atoms with Crippen molar-refractivity contribution in [2.24, 2.45) is 0 Å². The summed E-state index contributed by atoms with van der Waals surface area (Å²) in [4.78, 5) is 11.3. The van der Waals surface area contributed by atoms with Gasteiger partial charge >= 0.3 is 6.18 Å². The largest absolute Gasteiger partial charge is 0.417 e. The minimum absolute atomic E-state index is 0.00231. The van der Waals surface area contributed by atoms with Gasteiger partial charge in [0.05, 0.1) is 10.3 Å². The highest BCUT2D eigenvalue weighted by Gasteiger charge is 2.32. The fourth-order valence-corrected chi connectivity index (χ4v) is 2.27. The van der Waals surface area contributed by atoms with Crippen LogP contribution in [0.5, 0.6) is 0 Å². The molecule has 0 aliphatic carbocycles. The van der Waals surface area contributed by atoms with E-state index >= 15 is 0 Å². The van der Waals surface area contributed by atoms with Crippen LogP contribution in [0.25, 0.3) is 10.1 Å². The number of hydrogen-bond donors (Lipinski definition) is 0. The molecule has 1 nitrogen and oxygen atoms in total. The first-order valence-electron chi connectivity index (χ1n) is 4.08. The third-order valence-corrected chi connectivity index (χ3v) is 2.94. The Morgan fingerprint density at radius 2 is 1.87 bits per heavy atom. The zero-order valence-corrected chi connectivity index (χ0v) is 8.15. The Hall–Kier alpha value is -1.36. The second kappa shape index (κ2) is 3.34. The average Bonchev–Trinajstić information content (AvgIpc) is 2.16. The molecule has 1 heterocycles. The Kier molecular flexibility index (Phi) is 2.26. The van der Waals surface area contributed by atoms with Crippen LogP contribution in [0.4, 0.5) is 13.2 Å². The van der Waals surface area contributed by atoms with Gasteiger partial charge in [0.25, 0.3) is 0 Å². The van der Waals surface area contributed by atoms with Gasteiger partial charge in [-0.25, -0.2) is 0 Å². The summed E-state index contributed by atoms with van der Waals surface area (Å²) in [5.41, 5.74) is -1.13. The number of halogens is 3. The van der Waals surface area contributed by atoms with Crippen LogP contribution in [-0.2, 0) is 6.18 Å². The summed E-state index contributed by atoms with van der Waals surface area (Å²) in [6, 6.07) is 4.91. The monoisotopic (exact) mass is 230 g/mol. The van der Waals surface area contributed by atoms with Gasteiger partial charge < -0.3 is 0 Å². The summed E-state index contributed by atoms with van der Waals surface area (Å²) in [6.45, 7) is 0. The van der Waals surface area contributed by atoms with E-state index in [0.717, 1.165) is 17.4 Å². The Morgan fingerprint density at radius 1 is 1.13 bits per heavy atom. The highest BCUT2D eigenvalue weighted by Crippen LogP contribution is 2.35. The van der Waals surface area contributed by atoms with Crippen molar-refractivity contribution in [2.75, 3.05) is 0 Å². The van der Waals surface area contributed by atoms with Crippen LogP contribution in [0.15, 0.2) is 34.4 Å². The molecule has 0 unspecified atom stereocenters. The molecular formula is C10H5F3OS. The van der Waals surface area contributed by atoms with Crippen molar-refractivity contribution in [2.45, 2.75) is 6.18 Å². The van der Waals surface area contributed by atoms with Crippen LogP contribution >= 0.6 is 11.3 Å². The third-order valence-electron chi connectivity index (χ3n) is 1.99. The van der Waals surface area contributed by atoms with Crippen molar-refractivity contribution in [1.82, 2.24) is 0 Å². The second-order valence-corrected chi connectivity index (χ2v) is 3.88. The Bertz CT molecular complexity index is 556. The Morgan fingerprint density at radius 3 is 2.53 bits per heavy atom. The second-order valence-electron chi connectivity index (χ2n) is 2.96. The van der Waals surface area contributed by atoms with Crippen LogP contribution in [-0.4, -0.2) is 0 Å². The number of rotatable bonds is 0. The predicted octanol–water partition coefficient (Wildman–Crippen LogP) is 3.28. The van der Waals surface area contributed by atoms with E-state index in [1.165, 1.54) is 23.6 Å². The van der Waals surface area contributed by atoms with Gasteiger partial charge in [-0.05, 0) is 23.6 Å². The summed E-state index contributed by atoms with van der Waals surface area (Å²) < 4.78 is 37.7. The molecule has 0 saturated carbocycles. The smallest absolute Gasteiger partial charge is 0.289 e. The zero-order chi connectivity index (χ0) is 11.1. The molecule has 0 N–H and O–H groups in total. The fourth-order valence-electron chi connectivity index (χ4n) is 1.33. The summed E-state index contributed by atoms with van der Waals surface area (Å²) in [6.07, 6.45) is -4.41. The first-order chi connectivity index (χ1) is 7.00. The Balaban J connectivity index is 2.89. The molecule has 0 radical (unpaired) electrons. The molecule has 0 aliphatic heterocycles. The molecule has 15 heavy (non-hydrogen) atoms. The minimum Gasteiger partial charge on any atom is -0.289 e. The first kappa shape index (κ1) is 10.2. The maximum absolute atomic E-state index is 12.6. The summed E-state index contributed by atoms with van der Waals surface area (Å²) in [5.74, 6) is 0. The van der Waals surface area contributed by atoms with Crippen LogP contribution < -0.4 is 5.43 Å². The van der Waals surface area contributed by atoms with Gasteiger partial charge in [0.15, 0.2) is 5.43 Å². The molecule has 0 amide bonds. The predicted molar refractivity (Wildman–Crippen MR) is 53.1 cm³/mol. The van der Waals surface area contributed by atoms with E-state index in [1.54, 1.807) is 0 Å². The zero-order valence-electron chi connectivity index (χ0n) is 7.34. The summed E-state index contributed by atoms with van der Waals surface area (Å²) in [5, 5.41) is 1.50. The number of alkyl halides is 3. The highest BCUT2D eigenvalue weighted by molar-refractivity contribution is 7.16. The molecule has 0 fully saturated rings. The van der Waals surface area contributed by atoms with E-state index in [0.29, 0.717) is 0 Å². The molecular weight excluding hydrogens is 225 g/mol. The van der Waals surface area contributed by atoms with Gasteiger partial charge in [0.1, 0.15) is 0 Å². The standard InChI is InChI=1S/C10H5F3OS/c11-10(12,13)7-3-1-2-6-8(14)4-5-15-9(6)7/h1-5H. The molecule has 0 bridgehead atoms. The van der Waals surface area contributed by atoms with E-state index in [9.17, 15) is 18.0 Å². The molecule has 0 spiro atoms. The van der Waals surface area contributed by atoms with E-state index in [-0.39, 0.29) is 15.5 Å². The first-order valence-corrected chi connectivity index (χ1v) is 4.96. The topological polar surface area (TPSA) is 17.1 Å². The lowest BCUT2D eigenvalue weighted by Crippen LogP contribution is -2.07. The molecule has 0 aliphatic rings. The van der Waals surface area contributed by atoms with Crippen molar-refractivity contribution in [3.63, 3.8) is 0 Å².